The van der Waals surface area contributed by atoms with Crippen LogP contribution >= 0.6 is 0 Å². The van der Waals surface area contributed by atoms with Crippen LogP contribution in [-0.4, -0.2) is 63.8 Å². The van der Waals surface area contributed by atoms with E-state index in [2.05, 4.69) is 25.5 Å². The third-order valence-corrected chi connectivity index (χ3v) is 8.06. The minimum absolute atomic E-state index is 0.0158. The maximum Gasteiger partial charge on any atom is 0.417 e. The van der Waals surface area contributed by atoms with Gasteiger partial charge in [0.05, 0.1) is 16.8 Å². The molecular weight excluding hydrogens is 469 g/mol. The summed E-state index contributed by atoms with van der Waals surface area (Å²) in [6.07, 6.45) is 1.39. The Balaban J connectivity index is 1.11. The zero-order chi connectivity index (χ0) is 24.9. The summed E-state index contributed by atoms with van der Waals surface area (Å²) >= 11 is 0. The molecule has 36 heavy (non-hydrogen) atoms. The Morgan fingerprint density at radius 1 is 1.03 bits per heavy atom. The molecule has 3 aliphatic rings. The smallest absolute Gasteiger partial charge is 0.381 e. The van der Waals surface area contributed by atoms with E-state index in [4.69, 9.17) is 4.74 Å². The molecule has 0 amide bonds. The number of anilines is 1. The molecule has 2 saturated heterocycles. The van der Waals surface area contributed by atoms with Gasteiger partial charge >= 0.3 is 6.18 Å². The number of likely N-dealkylation sites (tertiary alicyclic amines) is 1. The van der Waals surface area contributed by atoms with Crippen molar-refractivity contribution in [2.24, 2.45) is 24.8 Å². The summed E-state index contributed by atoms with van der Waals surface area (Å²) in [6, 6.07) is 6.70. The van der Waals surface area contributed by atoms with Gasteiger partial charge in [-0.3, -0.25) is 4.68 Å². The lowest BCUT2D eigenvalue weighted by Gasteiger charge is -2.27. The molecule has 0 bridgehead atoms. The fourth-order valence-corrected chi connectivity index (χ4v) is 6.45. The van der Waals surface area contributed by atoms with Crippen molar-refractivity contribution in [3.63, 3.8) is 0 Å². The number of aryl methyl sites for hydroxylation is 1. The van der Waals surface area contributed by atoms with E-state index in [1.807, 2.05) is 0 Å². The molecule has 0 spiro atoms. The first-order valence-corrected chi connectivity index (χ1v) is 12.8. The molecule has 10 heteroatoms. The van der Waals surface area contributed by atoms with Crippen molar-refractivity contribution in [1.82, 2.24) is 24.9 Å². The SMILES string of the molecule is Cn1cc2c(C(F)(F)F)c(-c3ccc(NC4CC5CN(CC6CCOCC6)CC5C4)nn3)ccc2n1. The highest BCUT2D eigenvalue weighted by molar-refractivity contribution is 5.89. The Kier molecular flexibility index (Phi) is 6.11. The first kappa shape index (κ1) is 23.7. The molecule has 7 nitrogen and oxygen atoms in total. The Morgan fingerprint density at radius 3 is 2.44 bits per heavy atom. The van der Waals surface area contributed by atoms with Gasteiger partial charge in [0, 0.05) is 63.1 Å². The van der Waals surface area contributed by atoms with Crippen molar-refractivity contribution in [1.29, 1.82) is 0 Å². The molecule has 6 rings (SSSR count). The molecule has 3 fully saturated rings. The Hall–Kier alpha value is -2.72. The van der Waals surface area contributed by atoms with E-state index in [1.54, 1.807) is 25.2 Å². The molecule has 1 aromatic carbocycles. The molecule has 192 valence electrons. The van der Waals surface area contributed by atoms with Gasteiger partial charge in [-0.25, -0.2) is 0 Å². The van der Waals surface area contributed by atoms with Crippen LogP contribution in [0.2, 0.25) is 0 Å². The minimum atomic E-state index is -4.53. The van der Waals surface area contributed by atoms with Gasteiger partial charge in [0.1, 0.15) is 5.82 Å². The highest BCUT2D eigenvalue weighted by atomic mass is 19.4. The summed E-state index contributed by atoms with van der Waals surface area (Å²) < 4.78 is 48.8. The molecule has 1 saturated carbocycles. The van der Waals surface area contributed by atoms with E-state index in [1.165, 1.54) is 36.3 Å². The van der Waals surface area contributed by atoms with Crippen molar-refractivity contribution >= 4 is 16.7 Å². The summed E-state index contributed by atoms with van der Waals surface area (Å²) in [5, 5.41) is 16.1. The maximum absolute atomic E-state index is 14.0. The molecular formula is C26H31F3N6O. The van der Waals surface area contributed by atoms with Gasteiger partial charge in [0.25, 0.3) is 0 Å². The van der Waals surface area contributed by atoms with E-state index < -0.39 is 11.7 Å². The highest BCUT2D eigenvalue weighted by Crippen LogP contribution is 2.42. The number of alkyl halides is 3. The van der Waals surface area contributed by atoms with Crippen LogP contribution in [0.4, 0.5) is 19.0 Å². The maximum atomic E-state index is 14.0. The lowest BCUT2D eigenvalue weighted by molar-refractivity contribution is -0.135. The van der Waals surface area contributed by atoms with Crippen molar-refractivity contribution in [3.8, 4) is 11.3 Å². The van der Waals surface area contributed by atoms with Crippen molar-refractivity contribution in [3.05, 3.63) is 36.0 Å². The van der Waals surface area contributed by atoms with E-state index >= 15 is 0 Å². The van der Waals surface area contributed by atoms with Crippen LogP contribution in [0.3, 0.4) is 0 Å². The van der Waals surface area contributed by atoms with Gasteiger partial charge in [-0.2, -0.15) is 18.3 Å². The monoisotopic (exact) mass is 500 g/mol. The standard InChI is InChI=1S/C26H31F3N6O/c1-34-15-21-23(33-34)3-2-20(25(21)26(27,28)29)22-4-5-24(32-31-22)30-19-10-17-13-35(14-18(17)11-19)12-16-6-8-36-9-7-16/h2-5,15-19H,6-14H2,1H3,(H,30,32). The van der Waals surface area contributed by atoms with Crippen LogP contribution in [0.15, 0.2) is 30.5 Å². The van der Waals surface area contributed by atoms with Crippen LogP contribution in [0, 0.1) is 17.8 Å². The summed E-state index contributed by atoms with van der Waals surface area (Å²) in [5.74, 6) is 2.75. The average Bonchev–Trinajstić information content (AvgIpc) is 3.50. The molecule has 0 radical (unpaired) electrons. The molecule has 2 atom stereocenters. The van der Waals surface area contributed by atoms with Crippen LogP contribution in [-0.2, 0) is 18.0 Å². The van der Waals surface area contributed by atoms with Crippen molar-refractivity contribution in [2.45, 2.75) is 37.9 Å². The number of aromatic nitrogens is 4. The Bertz CT molecular complexity index is 1210. The summed E-state index contributed by atoms with van der Waals surface area (Å²) in [5.41, 5.74) is -0.206. The molecule has 4 heterocycles. The average molecular weight is 501 g/mol. The number of halogens is 3. The van der Waals surface area contributed by atoms with E-state index in [-0.39, 0.29) is 16.6 Å². The van der Waals surface area contributed by atoms with Crippen molar-refractivity contribution in [2.75, 3.05) is 38.2 Å². The van der Waals surface area contributed by atoms with Crippen LogP contribution < -0.4 is 5.32 Å². The first-order valence-electron chi connectivity index (χ1n) is 12.8. The van der Waals surface area contributed by atoms with Gasteiger partial charge < -0.3 is 15.0 Å². The molecule has 2 unspecified atom stereocenters. The molecule has 2 aliphatic heterocycles. The molecule has 3 aromatic rings. The summed E-state index contributed by atoms with van der Waals surface area (Å²) in [7, 11) is 1.61. The largest absolute Gasteiger partial charge is 0.417 e. The predicted octanol–water partition coefficient (Wildman–Crippen LogP) is 4.60. The van der Waals surface area contributed by atoms with Gasteiger partial charge in [0.15, 0.2) is 0 Å². The topological polar surface area (TPSA) is 68.1 Å². The van der Waals surface area contributed by atoms with Crippen LogP contribution in [0.1, 0.15) is 31.2 Å². The number of benzene rings is 1. The second-order valence-corrected chi connectivity index (χ2v) is 10.6. The number of rotatable bonds is 5. The van der Waals surface area contributed by atoms with E-state index in [0.717, 1.165) is 45.1 Å². The number of hydrogen-bond donors (Lipinski definition) is 1. The van der Waals surface area contributed by atoms with Gasteiger partial charge in [0.2, 0.25) is 0 Å². The third-order valence-electron chi connectivity index (χ3n) is 8.06. The first-order chi connectivity index (χ1) is 17.3. The zero-order valence-corrected chi connectivity index (χ0v) is 20.3. The van der Waals surface area contributed by atoms with E-state index in [0.29, 0.717) is 29.2 Å². The van der Waals surface area contributed by atoms with Gasteiger partial charge in [-0.1, -0.05) is 0 Å². The zero-order valence-electron chi connectivity index (χ0n) is 20.3. The summed E-state index contributed by atoms with van der Waals surface area (Å²) in [6.45, 7) is 5.29. The van der Waals surface area contributed by atoms with Gasteiger partial charge in [-0.05, 0) is 67.7 Å². The quantitative estimate of drug-likeness (QED) is 0.553. The Labute approximate surface area is 208 Å². The third kappa shape index (κ3) is 4.68. The molecule has 1 N–H and O–H groups in total. The lowest BCUT2D eigenvalue weighted by Crippen LogP contribution is -2.32. The fourth-order valence-electron chi connectivity index (χ4n) is 6.45. The number of hydrogen-bond acceptors (Lipinski definition) is 6. The number of nitrogens with zero attached hydrogens (tertiary/aromatic N) is 5. The van der Waals surface area contributed by atoms with Crippen molar-refractivity contribution < 1.29 is 17.9 Å². The molecule has 2 aromatic heterocycles. The Morgan fingerprint density at radius 2 is 1.78 bits per heavy atom. The van der Waals surface area contributed by atoms with Gasteiger partial charge in [-0.15, -0.1) is 10.2 Å². The molecule has 1 aliphatic carbocycles. The predicted molar refractivity (Wildman–Crippen MR) is 130 cm³/mol. The minimum Gasteiger partial charge on any atom is -0.381 e. The second-order valence-electron chi connectivity index (χ2n) is 10.6. The van der Waals surface area contributed by atoms with E-state index in [9.17, 15) is 13.2 Å². The van der Waals surface area contributed by atoms with Crippen LogP contribution in [0.25, 0.3) is 22.2 Å². The number of fused-ring (bicyclic) bond motifs is 2. The number of nitrogens with one attached hydrogen (secondary N) is 1. The second kappa shape index (κ2) is 9.30. The lowest BCUT2D eigenvalue weighted by atomic mass is 10.00. The van der Waals surface area contributed by atoms with Crippen LogP contribution in [0.5, 0.6) is 0 Å². The normalized spacial score (nSPS) is 25.5. The number of ether oxygens (including phenoxy) is 1. The fraction of sp³-hybridized carbons (Fsp3) is 0.577. The highest BCUT2D eigenvalue weighted by Gasteiger charge is 2.41. The summed E-state index contributed by atoms with van der Waals surface area (Å²) in [4.78, 5) is 2.63.